The molecule has 0 spiro atoms. The highest BCUT2D eigenvalue weighted by Crippen LogP contribution is 2.33. The van der Waals surface area contributed by atoms with Gasteiger partial charge in [-0.25, -0.2) is 0 Å². The highest BCUT2D eigenvalue weighted by atomic mass is 16.1. The molecule has 0 atom stereocenters. The van der Waals surface area contributed by atoms with Crippen LogP contribution in [0.2, 0.25) is 0 Å². The maximum Gasteiger partial charge on any atom is 0.165 e. The van der Waals surface area contributed by atoms with E-state index in [9.17, 15) is 4.79 Å². The standard InChI is InChI=1S/C20H19NO/c1-14-10-11-17-16(12-14)20-18(8-5-9-19(20)22)21(17)13-15-6-3-2-4-7-15/h2-4,6-7,10-12H,5,8-9,13H2,1H3. The molecule has 1 aliphatic rings. The summed E-state index contributed by atoms with van der Waals surface area (Å²) in [6, 6.07) is 17.0. The second-order valence-electron chi connectivity index (χ2n) is 6.19. The van der Waals surface area contributed by atoms with Crippen molar-refractivity contribution in [2.45, 2.75) is 32.7 Å². The molecule has 22 heavy (non-hydrogen) atoms. The first kappa shape index (κ1) is 13.3. The minimum absolute atomic E-state index is 0.309. The summed E-state index contributed by atoms with van der Waals surface area (Å²) in [5.74, 6) is 0.309. The Labute approximate surface area is 130 Å². The summed E-state index contributed by atoms with van der Waals surface area (Å²) in [6.07, 6.45) is 2.66. The zero-order valence-corrected chi connectivity index (χ0v) is 12.8. The van der Waals surface area contributed by atoms with Crippen LogP contribution in [0.5, 0.6) is 0 Å². The van der Waals surface area contributed by atoms with Crippen molar-refractivity contribution in [2.75, 3.05) is 0 Å². The lowest BCUT2D eigenvalue weighted by molar-refractivity contribution is 0.0973. The van der Waals surface area contributed by atoms with Crippen LogP contribution < -0.4 is 0 Å². The van der Waals surface area contributed by atoms with E-state index in [1.807, 2.05) is 6.07 Å². The predicted octanol–water partition coefficient (Wildman–Crippen LogP) is 4.52. The average molecular weight is 289 g/mol. The van der Waals surface area contributed by atoms with E-state index < -0.39 is 0 Å². The number of rotatable bonds is 2. The zero-order valence-electron chi connectivity index (χ0n) is 12.8. The van der Waals surface area contributed by atoms with Gasteiger partial charge in [-0.05, 0) is 37.5 Å². The van der Waals surface area contributed by atoms with Crippen LogP contribution in [0.3, 0.4) is 0 Å². The van der Waals surface area contributed by atoms with Crippen LogP contribution in [0, 0.1) is 6.92 Å². The summed E-state index contributed by atoms with van der Waals surface area (Å²) in [5.41, 5.74) is 5.88. The number of fused-ring (bicyclic) bond motifs is 3. The van der Waals surface area contributed by atoms with E-state index >= 15 is 0 Å². The van der Waals surface area contributed by atoms with Gasteiger partial charge in [0.05, 0.1) is 0 Å². The van der Waals surface area contributed by atoms with Gasteiger partial charge in [0.25, 0.3) is 0 Å². The number of hydrogen-bond acceptors (Lipinski definition) is 1. The molecular formula is C20H19NO. The maximum absolute atomic E-state index is 12.5. The van der Waals surface area contributed by atoms with Crippen molar-refractivity contribution in [3.05, 3.63) is 70.9 Å². The molecular weight excluding hydrogens is 270 g/mol. The van der Waals surface area contributed by atoms with Crippen molar-refractivity contribution in [3.8, 4) is 0 Å². The molecule has 0 saturated carbocycles. The lowest BCUT2D eigenvalue weighted by Crippen LogP contribution is -2.13. The van der Waals surface area contributed by atoms with E-state index in [-0.39, 0.29) is 0 Å². The highest BCUT2D eigenvalue weighted by Gasteiger charge is 2.25. The average Bonchev–Trinajstić information content (AvgIpc) is 2.83. The van der Waals surface area contributed by atoms with Crippen LogP contribution in [0.25, 0.3) is 10.9 Å². The Kier molecular flexibility index (Phi) is 3.11. The molecule has 1 heterocycles. The largest absolute Gasteiger partial charge is 0.339 e. The molecule has 0 saturated heterocycles. The number of aromatic nitrogens is 1. The summed E-state index contributed by atoms with van der Waals surface area (Å²) in [5, 5.41) is 1.13. The first-order chi connectivity index (χ1) is 10.7. The van der Waals surface area contributed by atoms with Gasteiger partial charge >= 0.3 is 0 Å². The first-order valence-electron chi connectivity index (χ1n) is 7.93. The third kappa shape index (κ3) is 2.07. The molecule has 0 N–H and O–H groups in total. The second kappa shape index (κ2) is 5.13. The van der Waals surface area contributed by atoms with E-state index in [2.05, 4.69) is 54.0 Å². The molecule has 2 aromatic carbocycles. The Morgan fingerprint density at radius 1 is 1.05 bits per heavy atom. The molecule has 0 radical (unpaired) electrons. The van der Waals surface area contributed by atoms with Crippen LogP contribution in [-0.4, -0.2) is 10.4 Å². The Morgan fingerprint density at radius 3 is 2.68 bits per heavy atom. The number of aryl methyl sites for hydroxylation is 1. The fourth-order valence-corrected chi connectivity index (χ4v) is 3.58. The van der Waals surface area contributed by atoms with Gasteiger partial charge in [-0.1, -0.05) is 42.0 Å². The number of benzene rings is 2. The summed E-state index contributed by atoms with van der Waals surface area (Å²) in [6.45, 7) is 2.93. The van der Waals surface area contributed by atoms with E-state index in [0.717, 1.165) is 30.3 Å². The third-order valence-corrected chi connectivity index (χ3v) is 4.61. The lowest BCUT2D eigenvalue weighted by Gasteiger charge is -2.15. The fourth-order valence-electron chi connectivity index (χ4n) is 3.58. The van der Waals surface area contributed by atoms with Gasteiger partial charge in [0.2, 0.25) is 0 Å². The quantitative estimate of drug-likeness (QED) is 0.680. The number of carbonyl (C=O) groups is 1. The minimum atomic E-state index is 0.309. The van der Waals surface area contributed by atoms with Gasteiger partial charge in [0.1, 0.15) is 0 Å². The van der Waals surface area contributed by atoms with Gasteiger partial charge in [-0.2, -0.15) is 0 Å². The van der Waals surface area contributed by atoms with Gasteiger partial charge in [-0.3, -0.25) is 4.79 Å². The number of carbonyl (C=O) groups excluding carboxylic acids is 1. The minimum Gasteiger partial charge on any atom is -0.339 e. The van der Waals surface area contributed by atoms with Gasteiger partial charge in [0, 0.05) is 35.1 Å². The van der Waals surface area contributed by atoms with Gasteiger partial charge in [0.15, 0.2) is 5.78 Å². The van der Waals surface area contributed by atoms with E-state index in [0.29, 0.717) is 12.2 Å². The van der Waals surface area contributed by atoms with Crippen molar-refractivity contribution >= 4 is 16.7 Å². The van der Waals surface area contributed by atoms with E-state index in [1.54, 1.807) is 0 Å². The highest BCUT2D eigenvalue weighted by molar-refractivity contribution is 6.10. The lowest BCUT2D eigenvalue weighted by atomic mass is 9.94. The maximum atomic E-state index is 12.5. The second-order valence-corrected chi connectivity index (χ2v) is 6.19. The van der Waals surface area contributed by atoms with Crippen LogP contribution in [-0.2, 0) is 13.0 Å². The third-order valence-electron chi connectivity index (χ3n) is 4.61. The summed E-state index contributed by atoms with van der Waals surface area (Å²) in [7, 11) is 0. The van der Waals surface area contributed by atoms with Crippen LogP contribution in [0.4, 0.5) is 0 Å². The van der Waals surface area contributed by atoms with Crippen molar-refractivity contribution < 1.29 is 4.79 Å². The SMILES string of the molecule is Cc1ccc2c(c1)c1c(n2Cc2ccccc2)CCCC1=O. The predicted molar refractivity (Wildman–Crippen MR) is 89.5 cm³/mol. The summed E-state index contributed by atoms with van der Waals surface area (Å²) >= 11 is 0. The molecule has 2 heteroatoms. The molecule has 110 valence electrons. The Bertz CT molecular complexity index is 858. The van der Waals surface area contributed by atoms with Crippen molar-refractivity contribution in [3.63, 3.8) is 0 Å². The van der Waals surface area contributed by atoms with E-state index in [4.69, 9.17) is 0 Å². The number of Topliss-reactive ketones (excluding diaryl/α,β-unsaturated/α-hetero) is 1. The van der Waals surface area contributed by atoms with Gasteiger partial charge < -0.3 is 4.57 Å². The normalized spacial score (nSPS) is 14.3. The van der Waals surface area contributed by atoms with Crippen molar-refractivity contribution in [1.29, 1.82) is 0 Å². The Hall–Kier alpha value is -2.35. The van der Waals surface area contributed by atoms with Crippen LogP contribution in [0.15, 0.2) is 48.5 Å². The Balaban J connectivity index is 1.96. The van der Waals surface area contributed by atoms with Crippen LogP contribution >= 0.6 is 0 Å². The molecule has 1 aliphatic carbocycles. The molecule has 0 aliphatic heterocycles. The van der Waals surface area contributed by atoms with Crippen molar-refractivity contribution in [1.82, 2.24) is 4.57 Å². The van der Waals surface area contributed by atoms with Crippen molar-refractivity contribution in [2.24, 2.45) is 0 Å². The molecule has 4 rings (SSSR count). The molecule has 0 unspecified atom stereocenters. The summed E-state index contributed by atoms with van der Waals surface area (Å²) in [4.78, 5) is 12.5. The van der Waals surface area contributed by atoms with Gasteiger partial charge in [-0.15, -0.1) is 0 Å². The molecule has 0 fully saturated rings. The van der Waals surface area contributed by atoms with Crippen LogP contribution in [0.1, 0.15) is 40.0 Å². The number of nitrogens with zero attached hydrogens (tertiary/aromatic N) is 1. The molecule has 0 amide bonds. The zero-order chi connectivity index (χ0) is 15.1. The van der Waals surface area contributed by atoms with E-state index in [1.165, 1.54) is 22.3 Å². The number of hydrogen-bond donors (Lipinski definition) is 0. The summed E-state index contributed by atoms with van der Waals surface area (Å²) < 4.78 is 2.34. The molecule has 1 aromatic heterocycles. The monoisotopic (exact) mass is 289 g/mol. The fraction of sp³-hybridized carbons (Fsp3) is 0.250. The molecule has 2 nitrogen and oxygen atoms in total. The molecule has 0 bridgehead atoms. The Morgan fingerprint density at radius 2 is 1.86 bits per heavy atom. The number of ketones is 1. The first-order valence-corrected chi connectivity index (χ1v) is 7.93. The molecule has 3 aromatic rings. The topological polar surface area (TPSA) is 22.0 Å². The smallest absolute Gasteiger partial charge is 0.165 e.